The first-order chi connectivity index (χ1) is 12.3. The van der Waals surface area contributed by atoms with E-state index in [-0.39, 0.29) is 12.1 Å². The molecule has 0 aliphatic carbocycles. The van der Waals surface area contributed by atoms with E-state index in [1.54, 1.807) is 31.4 Å². The molecule has 3 rings (SSSR count). The van der Waals surface area contributed by atoms with E-state index in [2.05, 4.69) is 14.8 Å². The van der Waals surface area contributed by atoms with Crippen molar-refractivity contribution in [1.29, 1.82) is 0 Å². The molecule has 26 heavy (non-hydrogen) atoms. The Labute approximate surface area is 149 Å². The SMILES string of the molecule is Cn1nc(-c2ccccn2)cc1CNS(=O)(=O)Cc1cc(F)ccc1F. The van der Waals surface area contributed by atoms with E-state index in [9.17, 15) is 17.2 Å². The van der Waals surface area contributed by atoms with Gasteiger partial charge in [-0.05, 0) is 36.4 Å². The minimum Gasteiger partial charge on any atom is -0.271 e. The predicted octanol–water partition coefficient (Wildman–Crippen LogP) is 2.38. The molecule has 0 aliphatic rings. The highest BCUT2D eigenvalue weighted by atomic mass is 32.2. The van der Waals surface area contributed by atoms with Crippen LogP contribution in [0.2, 0.25) is 0 Å². The van der Waals surface area contributed by atoms with Gasteiger partial charge in [-0.2, -0.15) is 5.10 Å². The summed E-state index contributed by atoms with van der Waals surface area (Å²) in [6, 6.07) is 9.84. The lowest BCUT2D eigenvalue weighted by atomic mass is 10.2. The zero-order valence-electron chi connectivity index (χ0n) is 13.9. The molecule has 9 heteroatoms. The minimum atomic E-state index is -3.86. The Morgan fingerprint density at radius 1 is 1.12 bits per heavy atom. The van der Waals surface area contributed by atoms with Crippen molar-refractivity contribution in [1.82, 2.24) is 19.5 Å². The minimum absolute atomic E-state index is 0.0321. The van der Waals surface area contributed by atoms with Crippen LogP contribution in [-0.2, 0) is 29.4 Å². The summed E-state index contributed by atoms with van der Waals surface area (Å²) in [5.74, 6) is -2.11. The van der Waals surface area contributed by atoms with Crippen LogP contribution in [0.4, 0.5) is 8.78 Å². The number of hydrogen-bond acceptors (Lipinski definition) is 4. The highest BCUT2D eigenvalue weighted by Gasteiger charge is 2.17. The van der Waals surface area contributed by atoms with E-state index in [1.807, 2.05) is 6.07 Å². The fourth-order valence-corrected chi connectivity index (χ4v) is 3.50. The van der Waals surface area contributed by atoms with Gasteiger partial charge in [-0.3, -0.25) is 9.67 Å². The van der Waals surface area contributed by atoms with Crippen LogP contribution in [0.1, 0.15) is 11.3 Å². The second-order valence-corrected chi connectivity index (χ2v) is 7.48. The fraction of sp³-hybridized carbons (Fsp3) is 0.176. The zero-order valence-corrected chi connectivity index (χ0v) is 14.7. The molecule has 0 radical (unpaired) electrons. The van der Waals surface area contributed by atoms with Crippen LogP contribution in [0.3, 0.4) is 0 Å². The van der Waals surface area contributed by atoms with Gasteiger partial charge in [0.15, 0.2) is 0 Å². The van der Waals surface area contributed by atoms with Gasteiger partial charge in [0, 0.05) is 18.8 Å². The summed E-state index contributed by atoms with van der Waals surface area (Å²) in [4.78, 5) is 4.19. The smallest absolute Gasteiger partial charge is 0.216 e. The lowest BCUT2D eigenvalue weighted by Crippen LogP contribution is -2.26. The topological polar surface area (TPSA) is 76.9 Å². The maximum absolute atomic E-state index is 13.6. The molecule has 0 unspecified atom stereocenters. The Morgan fingerprint density at radius 3 is 2.65 bits per heavy atom. The van der Waals surface area contributed by atoms with Crippen molar-refractivity contribution < 1.29 is 17.2 Å². The third kappa shape index (κ3) is 4.30. The molecule has 1 aromatic carbocycles. The van der Waals surface area contributed by atoms with E-state index in [4.69, 9.17) is 0 Å². The molecule has 0 saturated carbocycles. The summed E-state index contributed by atoms with van der Waals surface area (Å²) in [6.45, 7) is -0.0321. The molecule has 0 atom stereocenters. The summed E-state index contributed by atoms with van der Waals surface area (Å²) < 4.78 is 55.1. The fourth-order valence-electron chi connectivity index (χ4n) is 2.40. The summed E-state index contributed by atoms with van der Waals surface area (Å²) in [5.41, 5.74) is 1.66. The number of halogens is 2. The summed E-state index contributed by atoms with van der Waals surface area (Å²) in [7, 11) is -2.17. The van der Waals surface area contributed by atoms with Crippen LogP contribution in [0, 0.1) is 11.6 Å². The largest absolute Gasteiger partial charge is 0.271 e. The number of aryl methyl sites for hydroxylation is 1. The number of nitrogens with one attached hydrogen (secondary N) is 1. The standard InChI is InChI=1S/C17H16F2N4O2S/c1-23-14(9-17(22-23)16-4-2-3-7-20-16)10-21-26(24,25)11-12-8-13(18)5-6-15(12)19/h2-9,21H,10-11H2,1H3. The molecule has 2 aromatic heterocycles. The first-order valence-electron chi connectivity index (χ1n) is 7.70. The molecule has 0 saturated heterocycles. The number of benzene rings is 1. The second kappa shape index (κ2) is 7.30. The van der Waals surface area contributed by atoms with E-state index in [1.165, 1.54) is 4.68 Å². The highest BCUT2D eigenvalue weighted by Crippen LogP contribution is 2.17. The molecule has 2 heterocycles. The Bertz CT molecular complexity index is 1020. The van der Waals surface area contributed by atoms with Crippen LogP contribution in [0.5, 0.6) is 0 Å². The average molecular weight is 378 g/mol. The first-order valence-corrected chi connectivity index (χ1v) is 9.35. The van der Waals surface area contributed by atoms with Crippen molar-refractivity contribution in [3.05, 3.63) is 71.6 Å². The molecule has 6 nitrogen and oxygen atoms in total. The molecule has 1 N–H and O–H groups in total. The van der Waals surface area contributed by atoms with Gasteiger partial charge in [-0.25, -0.2) is 21.9 Å². The van der Waals surface area contributed by atoms with E-state index in [0.29, 0.717) is 17.1 Å². The van der Waals surface area contributed by atoms with Gasteiger partial charge in [-0.15, -0.1) is 0 Å². The van der Waals surface area contributed by atoms with Gasteiger partial charge in [0.25, 0.3) is 0 Å². The first kappa shape index (κ1) is 18.2. The van der Waals surface area contributed by atoms with Crippen LogP contribution in [-0.4, -0.2) is 23.2 Å². The zero-order chi connectivity index (χ0) is 18.7. The van der Waals surface area contributed by atoms with Gasteiger partial charge in [-0.1, -0.05) is 6.07 Å². The molecule has 0 bridgehead atoms. The normalized spacial score (nSPS) is 11.7. The van der Waals surface area contributed by atoms with Gasteiger partial charge < -0.3 is 0 Å². The van der Waals surface area contributed by atoms with Crippen molar-refractivity contribution in [2.75, 3.05) is 0 Å². The number of sulfonamides is 1. The number of pyridine rings is 1. The molecule has 0 fully saturated rings. The van der Waals surface area contributed by atoms with E-state index in [0.717, 1.165) is 18.2 Å². The predicted molar refractivity (Wildman–Crippen MR) is 92.3 cm³/mol. The van der Waals surface area contributed by atoms with Crippen LogP contribution >= 0.6 is 0 Å². The lowest BCUT2D eigenvalue weighted by Gasteiger charge is -2.08. The number of rotatable bonds is 6. The van der Waals surface area contributed by atoms with Crippen LogP contribution in [0.25, 0.3) is 11.4 Å². The van der Waals surface area contributed by atoms with Crippen LogP contribution in [0.15, 0.2) is 48.7 Å². The molecular formula is C17H16F2N4O2S. The van der Waals surface area contributed by atoms with E-state index < -0.39 is 27.4 Å². The molecule has 3 aromatic rings. The summed E-state index contributed by atoms with van der Waals surface area (Å²) in [6.07, 6.45) is 1.64. The quantitative estimate of drug-likeness (QED) is 0.715. The van der Waals surface area contributed by atoms with Crippen molar-refractivity contribution in [3.8, 4) is 11.4 Å². The summed E-state index contributed by atoms with van der Waals surface area (Å²) in [5, 5.41) is 4.30. The van der Waals surface area contributed by atoms with Crippen molar-refractivity contribution >= 4 is 10.0 Å². The maximum atomic E-state index is 13.6. The van der Waals surface area contributed by atoms with Crippen molar-refractivity contribution in [3.63, 3.8) is 0 Å². The van der Waals surface area contributed by atoms with Gasteiger partial charge in [0.1, 0.15) is 17.3 Å². The molecular weight excluding hydrogens is 362 g/mol. The van der Waals surface area contributed by atoms with E-state index >= 15 is 0 Å². The maximum Gasteiger partial charge on any atom is 0.216 e. The number of hydrogen-bond donors (Lipinski definition) is 1. The Hall–Kier alpha value is -2.65. The van der Waals surface area contributed by atoms with Crippen molar-refractivity contribution in [2.24, 2.45) is 7.05 Å². The number of nitrogens with zero attached hydrogens (tertiary/aromatic N) is 3. The molecule has 136 valence electrons. The Balaban J connectivity index is 1.72. The monoisotopic (exact) mass is 378 g/mol. The van der Waals surface area contributed by atoms with Crippen molar-refractivity contribution in [2.45, 2.75) is 12.3 Å². The highest BCUT2D eigenvalue weighted by molar-refractivity contribution is 7.88. The Kier molecular flexibility index (Phi) is 5.10. The average Bonchev–Trinajstić information content (AvgIpc) is 2.98. The Morgan fingerprint density at radius 2 is 1.92 bits per heavy atom. The number of aromatic nitrogens is 3. The third-order valence-corrected chi connectivity index (χ3v) is 5.01. The third-order valence-electron chi connectivity index (χ3n) is 3.73. The van der Waals surface area contributed by atoms with Crippen LogP contribution < -0.4 is 4.72 Å². The molecule has 0 aliphatic heterocycles. The van der Waals surface area contributed by atoms with Gasteiger partial charge in [0.05, 0.1) is 23.7 Å². The molecule has 0 amide bonds. The van der Waals surface area contributed by atoms with Gasteiger partial charge >= 0.3 is 0 Å². The molecule has 0 spiro atoms. The lowest BCUT2D eigenvalue weighted by molar-refractivity contribution is 0.567. The second-order valence-electron chi connectivity index (χ2n) is 5.68. The van der Waals surface area contributed by atoms with Gasteiger partial charge in [0.2, 0.25) is 10.0 Å². The summed E-state index contributed by atoms with van der Waals surface area (Å²) >= 11 is 0.